The van der Waals surface area contributed by atoms with E-state index in [1.807, 2.05) is 26.0 Å². The summed E-state index contributed by atoms with van der Waals surface area (Å²) in [5.74, 6) is 0.589. The van der Waals surface area contributed by atoms with Gasteiger partial charge >= 0.3 is 6.18 Å². The van der Waals surface area contributed by atoms with E-state index in [1.165, 1.54) is 6.07 Å². The average Bonchev–Trinajstić information content (AvgIpc) is 3.40. The standard InChI is InChI=1S/C23H21F3N4O3/c1-12-3-5-15(13(2)7-12)28-22(31)17-10-21-27-16(9-20(23(24,25)26)30(21)29-17)14-4-6-18-19(8-14)33-11-32-18/h3-8,10,16,20,27H,9,11H2,1-2H3,(H,28,31)/t16-,20+/m0/s1. The number of alkyl halides is 3. The maximum atomic E-state index is 13.9. The third-order valence-corrected chi connectivity index (χ3v) is 5.85. The van der Waals surface area contributed by atoms with Gasteiger partial charge in [0.2, 0.25) is 6.79 Å². The minimum absolute atomic E-state index is 0.0771. The molecule has 0 spiro atoms. The summed E-state index contributed by atoms with van der Waals surface area (Å²) in [5, 5.41) is 9.83. The predicted octanol–water partition coefficient (Wildman–Crippen LogP) is 5.14. The number of benzene rings is 2. The lowest BCUT2D eigenvalue weighted by Gasteiger charge is -2.33. The Hall–Kier alpha value is -3.69. The highest BCUT2D eigenvalue weighted by Gasteiger charge is 2.47. The van der Waals surface area contributed by atoms with Crippen LogP contribution in [0.1, 0.15) is 45.7 Å². The molecule has 1 amide bonds. The molecule has 0 saturated carbocycles. The van der Waals surface area contributed by atoms with Crippen molar-refractivity contribution in [3.05, 3.63) is 64.8 Å². The molecule has 172 valence electrons. The number of ether oxygens (including phenoxy) is 2. The minimum atomic E-state index is -4.54. The number of hydrogen-bond acceptors (Lipinski definition) is 5. The van der Waals surface area contributed by atoms with E-state index in [9.17, 15) is 18.0 Å². The molecule has 0 bridgehead atoms. The zero-order chi connectivity index (χ0) is 23.3. The molecular weight excluding hydrogens is 437 g/mol. The fraction of sp³-hybridized carbons (Fsp3) is 0.304. The van der Waals surface area contributed by atoms with Crippen molar-refractivity contribution in [2.24, 2.45) is 0 Å². The van der Waals surface area contributed by atoms with Crippen molar-refractivity contribution < 1.29 is 27.4 Å². The summed E-state index contributed by atoms with van der Waals surface area (Å²) in [6, 6.07) is 9.38. The first-order valence-corrected chi connectivity index (χ1v) is 10.4. The Morgan fingerprint density at radius 1 is 1.12 bits per heavy atom. The van der Waals surface area contributed by atoms with Crippen LogP contribution in [0, 0.1) is 13.8 Å². The minimum Gasteiger partial charge on any atom is -0.454 e. The Balaban J connectivity index is 1.45. The van der Waals surface area contributed by atoms with E-state index in [0.717, 1.165) is 15.8 Å². The molecule has 2 atom stereocenters. The van der Waals surface area contributed by atoms with E-state index in [-0.39, 0.29) is 24.7 Å². The number of aromatic nitrogens is 2. The van der Waals surface area contributed by atoms with Crippen molar-refractivity contribution in [1.82, 2.24) is 9.78 Å². The Morgan fingerprint density at radius 2 is 1.91 bits per heavy atom. The van der Waals surface area contributed by atoms with E-state index in [4.69, 9.17) is 9.47 Å². The number of aryl methyl sites for hydroxylation is 2. The molecule has 1 aromatic heterocycles. The molecule has 33 heavy (non-hydrogen) atoms. The first kappa shape index (κ1) is 21.2. The molecule has 10 heteroatoms. The number of halogens is 3. The summed E-state index contributed by atoms with van der Waals surface area (Å²) in [4.78, 5) is 12.8. The highest BCUT2D eigenvalue weighted by Crippen LogP contribution is 2.45. The predicted molar refractivity (Wildman–Crippen MR) is 115 cm³/mol. The fourth-order valence-corrected chi connectivity index (χ4v) is 4.17. The van der Waals surface area contributed by atoms with Crippen LogP contribution in [0.5, 0.6) is 11.5 Å². The van der Waals surface area contributed by atoms with E-state index in [1.54, 1.807) is 24.3 Å². The molecule has 0 radical (unpaired) electrons. The Bertz CT molecular complexity index is 1240. The zero-order valence-corrected chi connectivity index (χ0v) is 17.9. The number of nitrogens with zero attached hydrogens (tertiary/aromatic N) is 2. The van der Waals surface area contributed by atoms with Gasteiger partial charge in [-0.1, -0.05) is 23.8 Å². The molecule has 2 aromatic carbocycles. The van der Waals surface area contributed by atoms with Crippen molar-refractivity contribution in [2.75, 3.05) is 17.4 Å². The molecule has 0 saturated heterocycles. The highest BCUT2D eigenvalue weighted by atomic mass is 19.4. The molecule has 2 aliphatic heterocycles. The molecule has 7 nitrogen and oxygen atoms in total. The zero-order valence-electron chi connectivity index (χ0n) is 17.9. The van der Waals surface area contributed by atoms with Crippen LogP contribution in [0.2, 0.25) is 0 Å². The lowest BCUT2D eigenvalue weighted by molar-refractivity contribution is -0.173. The van der Waals surface area contributed by atoms with Crippen LogP contribution in [0.15, 0.2) is 42.5 Å². The smallest absolute Gasteiger partial charge is 0.410 e. The summed E-state index contributed by atoms with van der Waals surface area (Å²) in [7, 11) is 0. The van der Waals surface area contributed by atoms with Crippen molar-refractivity contribution >= 4 is 17.4 Å². The van der Waals surface area contributed by atoms with Crippen LogP contribution in [0.3, 0.4) is 0 Å². The summed E-state index contributed by atoms with van der Waals surface area (Å²) in [6.45, 7) is 3.85. The van der Waals surface area contributed by atoms with E-state index < -0.39 is 24.2 Å². The molecule has 0 aliphatic carbocycles. The van der Waals surface area contributed by atoms with Gasteiger partial charge in [-0.05, 0) is 43.2 Å². The first-order chi connectivity index (χ1) is 15.7. The van der Waals surface area contributed by atoms with Crippen LogP contribution in [0.25, 0.3) is 0 Å². The van der Waals surface area contributed by atoms with E-state index in [0.29, 0.717) is 22.7 Å². The average molecular weight is 458 g/mol. The molecule has 0 fully saturated rings. The Morgan fingerprint density at radius 3 is 2.67 bits per heavy atom. The largest absolute Gasteiger partial charge is 0.454 e. The van der Waals surface area contributed by atoms with Crippen LogP contribution in [-0.4, -0.2) is 28.7 Å². The number of anilines is 2. The SMILES string of the molecule is Cc1ccc(NC(=O)c2cc3n(n2)[C@@H](C(F)(F)F)C[C@@H](c2ccc4c(c2)OCO4)N3)c(C)c1. The number of carbonyl (C=O) groups excluding carboxylic acids is 1. The Labute approximate surface area is 187 Å². The van der Waals surface area contributed by atoms with Gasteiger partial charge in [-0.15, -0.1) is 0 Å². The summed E-state index contributed by atoms with van der Waals surface area (Å²) < 4.78 is 53.3. The lowest BCUT2D eigenvalue weighted by atomic mass is 9.96. The molecule has 3 heterocycles. The second-order valence-corrected chi connectivity index (χ2v) is 8.23. The van der Waals surface area contributed by atoms with Crippen LogP contribution < -0.4 is 20.1 Å². The van der Waals surface area contributed by atoms with Crippen LogP contribution >= 0.6 is 0 Å². The maximum Gasteiger partial charge on any atom is 0.410 e. The maximum absolute atomic E-state index is 13.9. The van der Waals surface area contributed by atoms with Gasteiger partial charge in [0.05, 0.1) is 6.04 Å². The second-order valence-electron chi connectivity index (χ2n) is 8.23. The van der Waals surface area contributed by atoms with Gasteiger partial charge in [-0.25, -0.2) is 4.68 Å². The third-order valence-electron chi connectivity index (χ3n) is 5.85. The molecule has 5 rings (SSSR count). The van der Waals surface area contributed by atoms with Gasteiger partial charge in [0.1, 0.15) is 5.82 Å². The number of amides is 1. The fourth-order valence-electron chi connectivity index (χ4n) is 4.17. The van der Waals surface area contributed by atoms with Crippen molar-refractivity contribution in [1.29, 1.82) is 0 Å². The summed E-state index contributed by atoms with van der Waals surface area (Å²) in [5.41, 5.74) is 2.99. The summed E-state index contributed by atoms with van der Waals surface area (Å²) >= 11 is 0. The molecule has 2 aliphatic rings. The molecular formula is C23H21F3N4O3. The normalized spacial score (nSPS) is 19.1. The van der Waals surface area contributed by atoms with E-state index in [2.05, 4.69) is 15.7 Å². The number of nitrogens with one attached hydrogen (secondary N) is 2. The number of fused-ring (bicyclic) bond motifs is 2. The first-order valence-electron chi connectivity index (χ1n) is 10.4. The number of hydrogen-bond donors (Lipinski definition) is 2. The van der Waals surface area contributed by atoms with Gasteiger partial charge in [0.25, 0.3) is 5.91 Å². The summed E-state index contributed by atoms with van der Waals surface area (Å²) in [6.07, 6.45) is -4.82. The quantitative estimate of drug-likeness (QED) is 0.568. The van der Waals surface area contributed by atoms with Crippen LogP contribution in [-0.2, 0) is 0 Å². The second kappa shape index (κ2) is 7.72. The van der Waals surface area contributed by atoms with Crippen LogP contribution in [0.4, 0.5) is 24.7 Å². The van der Waals surface area contributed by atoms with Gasteiger partial charge in [-0.2, -0.15) is 18.3 Å². The van der Waals surface area contributed by atoms with Gasteiger partial charge < -0.3 is 20.1 Å². The van der Waals surface area contributed by atoms with Crippen molar-refractivity contribution in [3.8, 4) is 11.5 Å². The van der Waals surface area contributed by atoms with Gasteiger partial charge in [-0.3, -0.25) is 4.79 Å². The topological polar surface area (TPSA) is 77.4 Å². The molecule has 0 unspecified atom stereocenters. The number of carbonyl (C=O) groups is 1. The number of rotatable bonds is 3. The molecule has 2 N–H and O–H groups in total. The Kier molecular flexibility index (Phi) is 4.95. The molecule has 3 aromatic rings. The van der Waals surface area contributed by atoms with Crippen molar-refractivity contribution in [3.63, 3.8) is 0 Å². The van der Waals surface area contributed by atoms with E-state index >= 15 is 0 Å². The highest BCUT2D eigenvalue weighted by molar-refractivity contribution is 6.03. The lowest BCUT2D eigenvalue weighted by Crippen LogP contribution is -2.35. The van der Waals surface area contributed by atoms with Gasteiger partial charge in [0, 0.05) is 18.2 Å². The van der Waals surface area contributed by atoms with Gasteiger partial charge in [0.15, 0.2) is 23.2 Å². The third kappa shape index (κ3) is 3.96. The van der Waals surface area contributed by atoms with Crippen molar-refractivity contribution in [2.45, 2.75) is 38.5 Å². The monoisotopic (exact) mass is 458 g/mol.